The van der Waals surface area contributed by atoms with Gasteiger partial charge >= 0.3 is 36.7 Å². The van der Waals surface area contributed by atoms with Crippen molar-refractivity contribution in [2.24, 2.45) is 0 Å². The lowest BCUT2D eigenvalue weighted by Gasteiger charge is -2.24. The molecule has 1 rings (SSSR count). The molecule has 0 aliphatic heterocycles. The SMILES string of the molecule is CCCCNc1nc(OC(C(F)(F)F)C(F)(F)F)nc(OC(C(F)(F)F)C(F)(F)F)n1. The monoisotopic (exact) mass is 484 g/mol. The van der Waals surface area contributed by atoms with Crippen LogP contribution in [-0.4, -0.2) is 58.4 Å². The van der Waals surface area contributed by atoms with Crippen LogP contribution in [0.5, 0.6) is 12.0 Å². The van der Waals surface area contributed by atoms with E-state index in [1.54, 1.807) is 6.92 Å². The van der Waals surface area contributed by atoms with Crippen molar-refractivity contribution in [1.82, 2.24) is 15.0 Å². The number of ether oxygens (including phenoxy) is 2. The van der Waals surface area contributed by atoms with Gasteiger partial charge in [-0.1, -0.05) is 13.3 Å². The van der Waals surface area contributed by atoms with Gasteiger partial charge < -0.3 is 14.8 Å². The third-order valence-electron chi connectivity index (χ3n) is 3.04. The van der Waals surface area contributed by atoms with Gasteiger partial charge in [0.05, 0.1) is 0 Å². The van der Waals surface area contributed by atoms with Crippen LogP contribution in [-0.2, 0) is 0 Å². The van der Waals surface area contributed by atoms with Crippen LogP contribution in [0.15, 0.2) is 0 Å². The lowest BCUT2D eigenvalue weighted by molar-refractivity contribution is -0.302. The molecule has 31 heavy (non-hydrogen) atoms. The number of unbranched alkanes of at least 4 members (excludes halogenated alkanes) is 1. The summed E-state index contributed by atoms with van der Waals surface area (Å²) < 4.78 is 159. The first kappa shape index (κ1) is 26.6. The number of halogens is 12. The topological polar surface area (TPSA) is 69.2 Å². The van der Waals surface area contributed by atoms with Gasteiger partial charge in [-0.3, -0.25) is 0 Å². The largest absolute Gasteiger partial charge is 0.440 e. The van der Waals surface area contributed by atoms with Crippen molar-refractivity contribution in [3.63, 3.8) is 0 Å². The molecule has 0 aliphatic rings. The molecule has 1 N–H and O–H groups in total. The highest BCUT2D eigenvalue weighted by molar-refractivity contribution is 5.27. The standard InChI is InChI=1S/C13H12F12N4O2/c1-2-3-4-26-7-27-8(30-5(10(14,15)16)11(17,18)19)29-9(28-7)31-6(12(20,21)22)13(23,24)25/h5-6H,2-4H2,1H3,(H,26,27,28,29). The fourth-order valence-electron chi connectivity index (χ4n) is 1.75. The van der Waals surface area contributed by atoms with Crippen LogP contribution in [0.25, 0.3) is 0 Å². The molecule has 0 fully saturated rings. The third kappa shape index (κ3) is 8.31. The molecule has 18 heteroatoms. The van der Waals surface area contributed by atoms with Crippen LogP contribution >= 0.6 is 0 Å². The zero-order chi connectivity index (χ0) is 24.3. The van der Waals surface area contributed by atoms with Crippen molar-refractivity contribution < 1.29 is 62.2 Å². The Balaban J connectivity index is 3.37. The second-order valence-corrected chi connectivity index (χ2v) is 5.67. The molecule has 0 atom stereocenters. The average molecular weight is 484 g/mol. The number of rotatable bonds is 8. The van der Waals surface area contributed by atoms with Gasteiger partial charge in [-0.25, -0.2) is 0 Å². The van der Waals surface area contributed by atoms with Crippen molar-refractivity contribution in [2.45, 2.75) is 56.7 Å². The lowest BCUT2D eigenvalue weighted by atomic mass is 10.3. The molecule has 0 saturated heterocycles. The molecule has 180 valence electrons. The molecular weight excluding hydrogens is 472 g/mol. The summed E-state index contributed by atoms with van der Waals surface area (Å²) >= 11 is 0. The van der Waals surface area contributed by atoms with Gasteiger partial charge in [-0.05, 0) is 6.42 Å². The summed E-state index contributed by atoms with van der Waals surface area (Å²) in [5.41, 5.74) is 0. The van der Waals surface area contributed by atoms with Crippen LogP contribution in [0.1, 0.15) is 19.8 Å². The zero-order valence-electron chi connectivity index (χ0n) is 15.0. The minimum atomic E-state index is -6.07. The summed E-state index contributed by atoms with van der Waals surface area (Å²) in [5, 5.41) is 2.18. The van der Waals surface area contributed by atoms with Crippen molar-refractivity contribution >= 4 is 5.95 Å². The molecule has 1 aromatic heterocycles. The van der Waals surface area contributed by atoms with Crippen molar-refractivity contribution in [1.29, 1.82) is 0 Å². The molecular formula is C13H12F12N4O2. The van der Waals surface area contributed by atoms with Crippen LogP contribution in [0.2, 0.25) is 0 Å². The zero-order valence-corrected chi connectivity index (χ0v) is 15.0. The smallest absolute Gasteiger partial charge is 0.434 e. The Morgan fingerprint density at radius 1 is 0.677 bits per heavy atom. The molecule has 0 aliphatic carbocycles. The summed E-state index contributed by atoms with van der Waals surface area (Å²) in [6, 6.07) is -3.74. The quantitative estimate of drug-likeness (QED) is 0.422. The van der Waals surface area contributed by atoms with E-state index in [1.807, 2.05) is 0 Å². The highest BCUT2D eigenvalue weighted by Crippen LogP contribution is 2.38. The van der Waals surface area contributed by atoms with Crippen LogP contribution < -0.4 is 14.8 Å². The van der Waals surface area contributed by atoms with Crippen molar-refractivity contribution in [2.75, 3.05) is 11.9 Å². The fourth-order valence-corrected chi connectivity index (χ4v) is 1.75. The Hall–Kier alpha value is -2.43. The predicted molar refractivity (Wildman–Crippen MR) is 76.3 cm³/mol. The normalized spacial score (nSPS) is 13.6. The molecule has 0 bridgehead atoms. The van der Waals surface area contributed by atoms with Gasteiger partial charge in [0.25, 0.3) is 12.2 Å². The van der Waals surface area contributed by atoms with E-state index in [-0.39, 0.29) is 6.54 Å². The second kappa shape index (κ2) is 9.37. The second-order valence-electron chi connectivity index (χ2n) is 5.67. The number of hydrogen-bond acceptors (Lipinski definition) is 6. The first-order valence-electron chi connectivity index (χ1n) is 7.95. The van der Waals surface area contributed by atoms with E-state index in [9.17, 15) is 52.7 Å². The number of alkyl halides is 12. The predicted octanol–water partition coefficient (Wildman–Crippen LogP) is 4.83. The minimum Gasteiger partial charge on any atom is -0.440 e. The molecule has 0 unspecified atom stereocenters. The number of hydrogen-bond donors (Lipinski definition) is 1. The van der Waals surface area contributed by atoms with Crippen LogP contribution in [0.4, 0.5) is 58.6 Å². The Labute approximate surface area is 165 Å². The molecule has 0 spiro atoms. The van der Waals surface area contributed by atoms with Gasteiger partial charge in [0.2, 0.25) is 5.95 Å². The highest BCUT2D eigenvalue weighted by atomic mass is 19.4. The Kier molecular flexibility index (Phi) is 8.04. The molecule has 1 aromatic rings. The summed E-state index contributed by atoms with van der Waals surface area (Å²) in [6.07, 6.45) is -32.5. The lowest BCUT2D eigenvalue weighted by Crippen LogP contribution is -2.47. The number of aromatic nitrogens is 3. The maximum Gasteiger partial charge on any atom is 0.434 e. The number of nitrogens with one attached hydrogen (secondary N) is 1. The Morgan fingerprint density at radius 2 is 1.03 bits per heavy atom. The molecule has 0 amide bonds. The maximum absolute atomic E-state index is 12.6. The van der Waals surface area contributed by atoms with E-state index >= 15 is 0 Å². The molecule has 0 aromatic carbocycles. The van der Waals surface area contributed by atoms with Gasteiger partial charge in [0, 0.05) is 6.54 Å². The van der Waals surface area contributed by atoms with Crippen LogP contribution in [0.3, 0.4) is 0 Å². The van der Waals surface area contributed by atoms with Crippen LogP contribution in [0, 0.1) is 0 Å². The van der Waals surface area contributed by atoms with Crippen molar-refractivity contribution in [3.8, 4) is 12.0 Å². The first-order chi connectivity index (χ1) is 13.9. The third-order valence-corrected chi connectivity index (χ3v) is 3.04. The van der Waals surface area contributed by atoms with Gasteiger partial charge in [0.15, 0.2) is 0 Å². The van der Waals surface area contributed by atoms with Gasteiger partial charge in [-0.15, -0.1) is 4.98 Å². The highest BCUT2D eigenvalue weighted by Gasteiger charge is 2.61. The van der Waals surface area contributed by atoms with Crippen molar-refractivity contribution in [3.05, 3.63) is 0 Å². The fraction of sp³-hybridized carbons (Fsp3) is 0.769. The summed E-state index contributed by atoms with van der Waals surface area (Å²) in [4.78, 5) is 8.60. The Bertz CT molecular complexity index is 636. The number of nitrogens with zero attached hydrogens (tertiary/aromatic N) is 3. The molecule has 1 heterocycles. The van der Waals surface area contributed by atoms with E-state index in [1.165, 1.54) is 0 Å². The Morgan fingerprint density at radius 3 is 1.32 bits per heavy atom. The summed E-state index contributed by atoms with van der Waals surface area (Å²) in [5.74, 6) is -0.973. The first-order valence-corrected chi connectivity index (χ1v) is 7.95. The van der Waals surface area contributed by atoms with E-state index in [0.717, 1.165) is 0 Å². The average Bonchev–Trinajstić information content (AvgIpc) is 2.54. The summed E-state index contributed by atoms with van der Waals surface area (Å²) in [7, 11) is 0. The molecule has 6 nitrogen and oxygen atoms in total. The molecule has 0 radical (unpaired) electrons. The minimum absolute atomic E-state index is 0.0939. The van der Waals surface area contributed by atoms with Gasteiger partial charge in [-0.2, -0.15) is 62.7 Å². The van der Waals surface area contributed by atoms with Gasteiger partial charge in [0.1, 0.15) is 0 Å². The maximum atomic E-state index is 12.6. The summed E-state index contributed by atoms with van der Waals surface area (Å²) in [6.45, 7) is 1.57. The van der Waals surface area contributed by atoms with E-state index < -0.39 is 54.9 Å². The molecule has 0 saturated carbocycles. The van der Waals surface area contributed by atoms with E-state index in [0.29, 0.717) is 12.8 Å². The van der Waals surface area contributed by atoms with E-state index in [4.69, 9.17) is 0 Å². The number of anilines is 1. The van der Waals surface area contributed by atoms with E-state index in [2.05, 4.69) is 29.7 Å².